The highest BCUT2D eigenvalue weighted by Gasteiger charge is 2.16. The molecule has 0 saturated heterocycles. The lowest BCUT2D eigenvalue weighted by molar-refractivity contribution is 0.512. The Labute approximate surface area is 126 Å². The summed E-state index contributed by atoms with van der Waals surface area (Å²) in [6.07, 6.45) is 0.658. The van der Waals surface area contributed by atoms with Crippen LogP contribution < -0.4 is 11.3 Å². The molecule has 0 spiro atoms. The lowest BCUT2D eigenvalue weighted by atomic mass is 10.0. The normalized spacial score (nSPS) is 12.7. The van der Waals surface area contributed by atoms with E-state index >= 15 is 0 Å². The largest absolute Gasteiger partial charge is 0.271 e. The Hall–Kier alpha value is -0.270. The zero-order chi connectivity index (χ0) is 13.1. The van der Waals surface area contributed by atoms with Gasteiger partial charge < -0.3 is 0 Å². The zero-order valence-corrected chi connectivity index (χ0v) is 13.3. The van der Waals surface area contributed by atoms with Gasteiger partial charge in [-0.25, -0.2) is 4.39 Å². The Balaban J connectivity index is 2.22. The lowest BCUT2D eigenvalue weighted by Crippen LogP contribution is -2.30. The predicted octanol–water partition coefficient (Wildman–Crippen LogP) is 4.16. The van der Waals surface area contributed by atoms with Gasteiger partial charge in [-0.05, 0) is 40.2 Å². The standard InChI is InChI=1S/C12H11Br2FN2S/c13-7-1-3-9(10(15)5-7)11(17-16)6-8-2-4-12(14)18-8/h1-5,11,17H,6,16H2. The van der Waals surface area contributed by atoms with Crippen LogP contribution in [0.4, 0.5) is 4.39 Å². The molecule has 2 nitrogen and oxygen atoms in total. The predicted molar refractivity (Wildman–Crippen MR) is 79.9 cm³/mol. The third kappa shape index (κ3) is 3.39. The Morgan fingerprint density at radius 3 is 2.61 bits per heavy atom. The van der Waals surface area contributed by atoms with Crippen LogP contribution in [0.1, 0.15) is 16.5 Å². The van der Waals surface area contributed by atoms with Crippen LogP contribution >= 0.6 is 43.2 Å². The number of nitrogens with one attached hydrogen (secondary N) is 1. The second-order valence-electron chi connectivity index (χ2n) is 3.80. The Morgan fingerprint density at radius 2 is 2.06 bits per heavy atom. The van der Waals surface area contributed by atoms with Crippen molar-refractivity contribution in [2.24, 2.45) is 5.84 Å². The first-order chi connectivity index (χ1) is 8.60. The maximum Gasteiger partial charge on any atom is 0.129 e. The Bertz CT molecular complexity index is 545. The highest BCUT2D eigenvalue weighted by Crippen LogP contribution is 2.28. The molecule has 1 unspecified atom stereocenters. The van der Waals surface area contributed by atoms with Gasteiger partial charge in [0, 0.05) is 21.3 Å². The highest BCUT2D eigenvalue weighted by molar-refractivity contribution is 9.11. The lowest BCUT2D eigenvalue weighted by Gasteiger charge is -2.16. The van der Waals surface area contributed by atoms with Gasteiger partial charge in [0.2, 0.25) is 0 Å². The number of rotatable bonds is 4. The van der Waals surface area contributed by atoms with E-state index in [1.807, 2.05) is 18.2 Å². The summed E-state index contributed by atoms with van der Waals surface area (Å²) in [5.41, 5.74) is 3.25. The van der Waals surface area contributed by atoms with Gasteiger partial charge in [-0.1, -0.05) is 22.0 Å². The molecule has 0 fully saturated rings. The average Bonchev–Trinajstić information content (AvgIpc) is 2.72. The van der Waals surface area contributed by atoms with Crippen LogP contribution in [0.15, 0.2) is 38.6 Å². The van der Waals surface area contributed by atoms with Crippen molar-refractivity contribution in [3.8, 4) is 0 Å². The molecule has 0 amide bonds. The topological polar surface area (TPSA) is 38.0 Å². The molecule has 18 heavy (non-hydrogen) atoms. The first-order valence-corrected chi connectivity index (χ1v) is 7.65. The van der Waals surface area contributed by atoms with Gasteiger partial charge in [0.25, 0.3) is 0 Å². The Kier molecular flexibility index (Phi) is 4.91. The number of halogens is 3. The molecule has 96 valence electrons. The minimum atomic E-state index is -0.261. The minimum Gasteiger partial charge on any atom is -0.271 e. The highest BCUT2D eigenvalue weighted by atomic mass is 79.9. The molecule has 1 aromatic heterocycles. The van der Waals surface area contributed by atoms with E-state index in [0.29, 0.717) is 12.0 Å². The molecule has 0 aliphatic rings. The summed E-state index contributed by atoms with van der Waals surface area (Å²) >= 11 is 8.28. The molecule has 2 rings (SSSR count). The number of hydrogen-bond donors (Lipinski definition) is 2. The van der Waals surface area contributed by atoms with Crippen LogP contribution in [0.3, 0.4) is 0 Å². The first-order valence-electron chi connectivity index (χ1n) is 5.25. The SMILES string of the molecule is NNC(Cc1ccc(Br)s1)c1ccc(Br)cc1F. The van der Waals surface area contributed by atoms with Crippen molar-refractivity contribution in [3.05, 3.63) is 54.8 Å². The van der Waals surface area contributed by atoms with Crippen LogP contribution in [-0.2, 0) is 6.42 Å². The van der Waals surface area contributed by atoms with E-state index < -0.39 is 0 Å². The van der Waals surface area contributed by atoms with Gasteiger partial charge in [0.15, 0.2) is 0 Å². The quantitative estimate of drug-likeness (QED) is 0.604. The second-order valence-corrected chi connectivity index (χ2v) is 7.26. The summed E-state index contributed by atoms with van der Waals surface area (Å²) in [6, 6.07) is 8.76. The smallest absolute Gasteiger partial charge is 0.129 e. The van der Waals surface area contributed by atoms with E-state index in [1.165, 1.54) is 6.07 Å². The van der Waals surface area contributed by atoms with Crippen molar-refractivity contribution < 1.29 is 4.39 Å². The van der Waals surface area contributed by atoms with Gasteiger partial charge in [-0.15, -0.1) is 11.3 Å². The van der Waals surface area contributed by atoms with Crippen molar-refractivity contribution >= 4 is 43.2 Å². The maximum atomic E-state index is 13.9. The summed E-state index contributed by atoms with van der Waals surface area (Å²) in [5, 5.41) is 0. The number of thiophene rings is 1. The van der Waals surface area contributed by atoms with E-state index in [1.54, 1.807) is 17.4 Å². The summed E-state index contributed by atoms with van der Waals surface area (Å²) in [7, 11) is 0. The summed E-state index contributed by atoms with van der Waals surface area (Å²) < 4.78 is 15.6. The maximum absolute atomic E-state index is 13.9. The fraction of sp³-hybridized carbons (Fsp3) is 0.167. The summed E-state index contributed by atoms with van der Waals surface area (Å²) in [5.74, 6) is 5.27. The molecule has 0 radical (unpaired) electrons. The van der Waals surface area contributed by atoms with Crippen molar-refractivity contribution in [2.45, 2.75) is 12.5 Å². The fourth-order valence-electron chi connectivity index (χ4n) is 1.71. The summed E-state index contributed by atoms with van der Waals surface area (Å²) in [6.45, 7) is 0. The van der Waals surface area contributed by atoms with Crippen LogP contribution in [0.25, 0.3) is 0 Å². The van der Waals surface area contributed by atoms with E-state index in [-0.39, 0.29) is 11.9 Å². The van der Waals surface area contributed by atoms with Crippen molar-refractivity contribution in [2.75, 3.05) is 0 Å². The molecule has 1 heterocycles. The third-order valence-electron chi connectivity index (χ3n) is 2.57. The monoisotopic (exact) mass is 392 g/mol. The molecule has 1 atom stereocenters. The molecular weight excluding hydrogens is 383 g/mol. The van der Waals surface area contributed by atoms with E-state index in [0.717, 1.165) is 13.1 Å². The van der Waals surface area contributed by atoms with Crippen molar-refractivity contribution in [1.82, 2.24) is 5.43 Å². The first kappa shape index (κ1) is 14.1. The number of benzene rings is 1. The molecule has 0 aliphatic carbocycles. The van der Waals surface area contributed by atoms with Gasteiger partial charge in [-0.2, -0.15) is 0 Å². The van der Waals surface area contributed by atoms with E-state index in [4.69, 9.17) is 5.84 Å². The molecular formula is C12H11Br2FN2S. The van der Waals surface area contributed by atoms with Crippen LogP contribution in [0.2, 0.25) is 0 Å². The third-order valence-corrected chi connectivity index (χ3v) is 4.71. The molecule has 2 aromatic rings. The minimum absolute atomic E-state index is 0.233. The zero-order valence-electron chi connectivity index (χ0n) is 9.29. The summed E-state index contributed by atoms with van der Waals surface area (Å²) in [4.78, 5) is 1.15. The van der Waals surface area contributed by atoms with E-state index in [2.05, 4.69) is 37.3 Å². The number of nitrogens with two attached hydrogens (primary N) is 1. The molecule has 0 bridgehead atoms. The molecule has 6 heteroatoms. The van der Waals surface area contributed by atoms with Gasteiger partial charge in [-0.3, -0.25) is 11.3 Å². The average molecular weight is 394 g/mol. The molecule has 0 aliphatic heterocycles. The second kappa shape index (κ2) is 6.25. The van der Waals surface area contributed by atoms with Gasteiger partial charge in [0.1, 0.15) is 5.82 Å². The van der Waals surface area contributed by atoms with Crippen LogP contribution in [0.5, 0.6) is 0 Å². The van der Waals surface area contributed by atoms with Crippen molar-refractivity contribution in [1.29, 1.82) is 0 Å². The molecule has 1 aromatic carbocycles. The Morgan fingerprint density at radius 1 is 1.28 bits per heavy atom. The van der Waals surface area contributed by atoms with E-state index in [9.17, 15) is 4.39 Å². The van der Waals surface area contributed by atoms with Gasteiger partial charge in [0.05, 0.1) is 9.83 Å². The van der Waals surface area contributed by atoms with Crippen LogP contribution in [-0.4, -0.2) is 0 Å². The number of hydrazine groups is 1. The van der Waals surface area contributed by atoms with Crippen LogP contribution in [0, 0.1) is 5.82 Å². The molecule has 3 N–H and O–H groups in total. The van der Waals surface area contributed by atoms with Gasteiger partial charge >= 0.3 is 0 Å². The fourth-order valence-corrected chi connectivity index (χ4v) is 3.57. The number of hydrogen-bond acceptors (Lipinski definition) is 3. The van der Waals surface area contributed by atoms with Crippen molar-refractivity contribution in [3.63, 3.8) is 0 Å². The molecule has 0 saturated carbocycles.